The Labute approximate surface area is 181 Å². The number of aliphatic hydroxyl groups excluding tert-OH is 4. The van der Waals surface area contributed by atoms with Crippen LogP contribution in [0.4, 0.5) is 0 Å². The number of hydrogen-bond donors (Lipinski definition) is 4. The van der Waals surface area contributed by atoms with E-state index in [9.17, 15) is 10.2 Å². The second-order valence-corrected chi connectivity index (χ2v) is 7.79. The summed E-state index contributed by atoms with van der Waals surface area (Å²) < 4.78 is 34.5. The third-order valence-corrected chi connectivity index (χ3v) is 5.47. The molecule has 0 aliphatic carbocycles. The van der Waals surface area contributed by atoms with Gasteiger partial charge in [-0.15, -0.1) is 0 Å². The molecule has 0 aromatic rings. The van der Waals surface area contributed by atoms with Crippen molar-refractivity contribution >= 4 is 0 Å². The van der Waals surface area contributed by atoms with Gasteiger partial charge in [0.1, 0.15) is 13.2 Å². The number of aliphatic hydroxyl groups is 4. The fraction of sp³-hybridized carbons (Fsp3) is 0.900. The lowest BCUT2D eigenvalue weighted by molar-refractivity contribution is -0.263. The van der Waals surface area contributed by atoms with Gasteiger partial charge in [0.25, 0.3) is 0 Å². The highest BCUT2D eigenvalue weighted by atomic mass is 16.7. The fourth-order valence-corrected chi connectivity index (χ4v) is 3.71. The number of hydrogen-bond acceptors (Lipinski definition) is 11. The van der Waals surface area contributed by atoms with Gasteiger partial charge in [-0.2, -0.15) is 0 Å². The van der Waals surface area contributed by atoms with Gasteiger partial charge in [-0.25, -0.2) is 0 Å². The molecule has 0 radical (unpaired) electrons. The smallest absolute Gasteiger partial charge is 0.178 e. The second kappa shape index (κ2) is 13.0. The molecule has 31 heavy (non-hydrogen) atoms. The summed E-state index contributed by atoms with van der Waals surface area (Å²) in [6.07, 6.45) is 4.27. The predicted molar refractivity (Wildman–Crippen MR) is 103 cm³/mol. The normalized spacial score (nSPS) is 42.2. The van der Waals surface area contributed by atoms with Gasteiger partial charge in [-0.05, 0) is 18.9 Å². The highest BCUT2D eigenvalue weighted by Crippen LogP contribution is 2.31. The Morgan fingerprint density at radius 1 is 0.581 bits per heavy atom. The van der Waals surface area contributed by atoms with Crippen LogP contribution in [0.15, 0.2) is 12.3 Å². The van der Waals surface area contributed by atoms with Crippen molar-refractivity contribution in [3.8, 4) is 0 Å². The maximum Gasteiger partial charge on any atom is 0.178 e. The SMILES string of the molecule is C1=COCC1.OC1COC(O)CO1.O[C@@H]1CO[C@@H]2OCC[C@@H]21.O[C@H]1CO[C@H]2OCC[C@H]21. The molecule has 6 aliphatic rings. The summed E-state index contributed by atoms with van der Waals surface area (Å²) in [6.45, 7) is 3.39. The molecule has 0 aromatic carbocycles. The predicted octanol–water partition coefficient (Wildman–Crippen LogP) is -0.929. The molecule has 180 valence electrons. The lowest BCUT2D eigenvalue weighted by Gasteiger charge is -2.22. The van der Waals surface area contributed by atoms with Gasteiger partial charge < -0.3 is 53.6 Å². The highest BCUT2D eigenvalue weighted by molar-refractivity contribution is 4.82. The molecule has 0 spiro atoms. The van der Waals surface area contributed by atoms with Crippen LogP contribution < -0.4 is 0 Å². The van der Waals surface area contributed by atoms with Gasteiger partial charge in [0.2, 0.25) is 0 Å². The molecule has 0 aromatic heterocycles. The summed E-state index contributed by atoms with van der Waals surface area (Å²) in [4.78, 5) is 0. The summed E-state index contributed by atoms with van der Waals surface area (Å²) in [5.74, 6) is 0.509. The van der Waals surface area contributed by atoms with E-state index in [2.05, 4.69) is 9.47 Å². The van der Waals surface area contributed by atoms with E-state index < -0.39 is 12.6 Å². The number of fused-ring (bicyclic) bond motifs is 2. The topological polar surface area (TPSA) is 146 Å². The van der Waals surface area contributed by atoms with E-state index in [0.29, 0.717) is 13.2 Å². The van der Waals surface area contributed by atoms with Crippen LogP contribution in [0.1, 0.15) is 19.3 Å². The first-order valence-corrected chi connectivity index (χ1v) is 10.7. The van der Waals surface area contributed by atoms with E-state index in [-0.39, 0.29) is 49.8 Å². The molecule has 11 heteroatoms. The van der Waals surface area contributed by atoms with Crippen molar-refractivity contribution < 1.29 is 53.6 Å². The minimum Gasteiger partial charge on any atom is -0.501 e. The zero-order valence-corrected chi connectivity index (χ0v) is 17.5. The van der Waals surface area contributed by atoms with Crippen molar-refractivity contribution in [1.29, 1.82) is 0 Å². The number of ether oxygens (including phenoxy) is 7. The van der Waals surface area contributed by atoms with E-state index in [1.807, 2.05) is 6.08 Å². The maximum atomic E-state index is 9.19. The Hall–Kier alpha value is -0.860. The van der Waals surface area contributed by atoms with Crippen LogP contribution >= 0.6 is 0 Å². The quantitative estimate of drug-likeness (QED) is 0.363. The first kappa shape index (κ1) is 24.8. The molecular weight excluding hydrogens is 416 g/mol. The minimum atomic E-state index is -0.863. The fourth-order valence-electron chi connectivity index (χ4n) is 3.71. The van der Waals surface area contributed by atoms with E-state index in [4.69, 9.17) is 33.9 Å². The number of rotatable bonds is 0. The molecule has 2 unspecified atom stereocenters. The third kappa shape index (κ3) is 7.90. The monoisotopic (exact) mass is 450 g/mol. The van der Waals surface area contributed by atoms with Crippen molar-refractivity contribution in [1.82, 2.24) is 0 Å². The van der Waals surface area contributed by atoms with Crippen molar-refractivity contribution in [2.75, 3.05) is 46.2 Å². The molecule has 4 N–H and O–H groups in total. The molecule has 6 aliphatic heterocycles. The first-order chi connectivity index (χ1) is 15.0. The molecular formula is C20H34O11. The molecule has 0 amide bonds. The zero-order valence-electron chi connectivity index (χ0n) is 17.5. The van der Waals surface area contributed by atoms with Gasteiger partial charge in [-0.1, -0.05) is 0 Å². The highest BCUT2D eigenvalue weighted by Gasteiger charge is 2.41. The summed E-state index contributed by atoms with van der Waals surface area (Å²) in [6, 6.07) is 0. The molecule has 0 saturated carbocycles. The minimum absolute atomic E-state index is 0.0567. The van der Waals surface area contributed by atoms with Crippen LogP contribution in [0.2, 0.25) is 0 Å². The zero-order chi connectivity index (χ0) is 22.1. The molecule has 11 nitrogen and oxygen atoms in total. The molecule has 6 rings (SSSR count). The lowest BCUT2D eigenvalue weighted by Crippen LogP contribution is -2.34. The van der Waals surface area contributed by atoms with Gasteiger partial charge in [0.05, 0.1) is 51.5 Å². The van der Waals surface area contributed by atoms with Gasteiger partial charge in [0.15, 0.2) is 25.2 Å². The van der Waals surface area contributed by atoms with Crippen LogP contribution in [0, 0.1) is 11.8 Å². The summed E-state index contributed by atoms with van der Waals surface area (Å²) >= 11 is 0. The average Bonchev–Trinajstić information content (AvgIpc) is 3.58. The van der Waals surface area contributed by atoms with E-state index in [1.165, 1.54) is 0 Å². The molecule has 5 saturated heterocycles. The Balaban J connectivity index is 0.000000120. The van der Waals surface area contributed by atoms with E-state index >= 15 is 0 Å². The Morgan fingerprint density at radius 3 is 1.42 bits per heavy atom. The molecule has 6 heterocycles. The molecule has 8 atom stereocenters. The first-order valence-electron chi connectivity index (χ1n) is 10.7. The third-order valence-electron chi connectivity index (χ3n) is 5.47. The van der Waals surface area contributed by atoms with E-state index in [1.54, 1.807) is 6.26 Å². The van der Waals surface area contributed by atoms with Gasteiger partial charge in [0, 0.05) is 18.3 Å². The Bertz CT molecular complexity index is 481. The van der Waals surface area contributed by atoms with Crippen LogP contribution in [0.25, 0.3) is 0 Å². The second-order valence-electron chi connectivity index (χ2n) is 7.79. The summed E-state index contributed by atoms with van der Waals surface area (Å²) in [5, 5.41) is 35.5. The summed E-state index contributed by atoms with van der Waals surface area (Å²) in [7, 11) is 0. The maximum absolute atomic E-state index is 9.19. The van der Waals surface area contributed by atoms with E-state index in [0.717, 1.165) is 39.1 Å². The van der Waals surface area contributed by atoms with Crippen LogP contribution in [-0.2, 0) is 33.2 Å². The van der Waals surface area contributed by atoms with Crippen molar-refractivity contribution in [3.05, 3.63) is 12.3 Å². The Morgan fingerprint density at radius 2 is 1.10 bits per heavy atom. The summed E-state index contributed by atoms with van der Waals surface area (Å²) in [5.41, 5.74) is 0. The average molecular weight is 450 g/mol. The lowest BCUT2D eigenvalue weighted by atomic mass is 10.0. The Kier molecular flexibility index (Phi) is 10.4. The molecule has 5 fully saturated rings. The largest absolute Gasteiger partial charge is 0.501 e. The van der Waals surface area contributed by atoms with Crippen LogP contribution in [-0.4, -0.2) is 104 Å². The van der Waals surface area contributed by atoms with Crippen LogP contribution in [0.3, 0.4) is 0 Å². The van der Waals surface area contributed by atoms with Crippen LogP contribution in [0.5, 0.6) is 0 Å². The van der Waals surface area contributed by atoms with Gasteiger partial charge >= 0.3 is 0 Å². The van der Waals surface area contributed by atoms with Crippen molar-refractivity contribution in [3.63, 3.8) is 0 Å². The van der Waals surface area contributed by atoms with Crippen molar-refractivity contribution in [2.45, 2.75) is 56.6 Å². The standard InChI is InChI=1S/2C6H10O3.C4H8O4.C4H6O/c2*7-5-3-9-6-4(5)1-2-8-6;5-3-1-7-4(6)2-8-3;1-2-4-5-3-1/h2*4-7H,1-3H2;3-6H,1-2H2;1,3H,2,4H2/t2*4-,5-,6+;;/m10../s1. The van der Waals surface area contributed by atoms with Crippen molar-refractivity contribution in [2.24, 2.45) is 11.8 Å². The van der Waals surface area contributed by atoms with Gasteiger partial charge in [-0.3, -0.25) is 0 Å². The molecule has 0 bridgehead atoms.